The number of hydrogen-bond donors (Lipinski definition) is 1. The third-order valence-electron chi connectivity index (χ3n) is 6.32. The van der Waals surface area contributed by atoms with Gasteiger partial charge in [-0.05, 0) is 42.3 Å². The highest BCUT2D eigenvalue weighted by atomic mass is 32.2. The Kier molecular flexibility index (Phi) is 7.76. The van der Waals surface area contributed by atoms with Crippen molar-refractivity contribution >= 4 is 10.0 Å². The van der Waals surface area contributed by atoms with E-state index in [1.54, 1.807) is 12.1 Å². The minimum Gasteiger partial charge on any atom is -0.297 e. The molecule has 0 saturated carbocycles. The molecular weight excluding hydrogens is 444 g/mol. The minimum absolute atomic E-state index is 0.0431. The number of nitrogens with one attached hydrogen (secondary N) is 1. The summed E-state index contributed by atoms with van der Waals surface area (Å²) in [5.41, 5.74) is 4.00. The third kappa shape index (κ3) is 6.10. The van der Waals surface area contributed by atoms with Crippen molar-refractivity contribution in [2.75, 3.05) is 32.7 Å². The van der Waals surface area contributed by atoms with Gasteiger partial charge in [-0.2, -0.15) is 5.26 Å². The standard InChI is InChI=1S/C27H30N4O2S/c1-22-7-13-26(14-8-22)34(32,33)29-20-27(25-5-3-2-4-6-25)31-17-15-30(16-18-31)21-24-11-9-23(19-28)10-12-24/h2-14,27,29H,15-18,20-21H2,1H3. The Morgan fingerprint density at radius 2 is 1.56 bits per heavy atom. The highest BCUT2D eigenvalue weighted by Crippen LogP contribution is 2.23. The molecule has 1 saturated heterocycles. The van der Waals surface area contributed by atoms with Crippen LogP contribution >= 0.6 is 0 Å². The molecule has 34 heavy (non-hydrogen) atoms. The number of hydrogen-bond acceptors (Lipinski definition) is 5. The second-order valence-electron chi connectivity index (χ2n) is 8.71. The van der Waals surface area contributed by atoms with Gasteiger partial charge in [-0.3, -0.25) is 9.80 Å². The van der Waals surface area contributed by atoms with Gasteiger partial charge < -0.3 is 0 Å². The Morgan fingerprint density at radius 3 is 2.18 bits per heavy atom. The zero-order valence-electron chi connectivity index (χ0n) is 19.4. The minimum atomic E-state index is -3.59. The molecule has 1 aliphatic heterocycles. The molecule has 1 atom stereocenters. The van der Waals surface area contributed by atoms with Crippen LogP contribution in [-0.2, 0) is 16.6 Å². The molecule has 0 aliphatic carbocycles. The number of nitrogens with zero attached hydrogens (tertiary/aromatic N) is 3. The van der Waals surface area contributed by atoms with Gasteiger partial charge in [0.25, 0.3) is 0 Å². The maximum absolute atomic E-state index is 12.9. The molecule has 0 bridgehead atoms. The van der Waals surface area contributed by atoms with Crippen molar-refractivity contribution < 1.29 is 8.42 Å². The van der Waals surface area contributed by atoms with Crippen molar-refractivity contribution in [2.45, 2.75) is 24.4 Å². The maximum Gasteiger partial charge on any atom is 0.240 e. The van der Waals surface area contributed by atoms with Crippen LogP contribution < -0.4 is 4.72 Å². The van der Waals surface area contributed by atoms with Crippen LogP contribution in [0.25, 0.3) is 0 Å². The average Bonchev–Trinajstić information content (AvgIpc) is 2.86. The van der Waals surface area contributed by atoms with Crippen molar-refractivity contribution in [1.82, 2.24) is 14.5 Å². The van der Waals surface area contributed by atoms with Gasteiger partial charge >= 0.3 is 0 Å². The van der Waals surface area contributed by atoms with Crippen molar-refractivity contribution in [3.63, 3.8) is 0 Å². The molecule has 6 nitrogen and oxygen atoms in total. The third-order valence-corrected chi connectivity index (χ3v) is 7.76. The van der Waals surface area contributed by atoms with E-state index in [1.807, 2.05) is 61.5 Å². The highest BCUT2D eigenvalue weighted by molar-refractivity contribution is 7.89. The number of piperazine rings is 1. The van der Waals surface area contributed by atoms with Gasteiger partial charge in [0.15, 0.2) is 0 Å². The van der Waals surface area contributed by atoms with Crippen molar-refractivity contribution in [3.8, 4) is 6.07 Å². The molecule has 7 heteroatoms. The molecule has 3 aromatic carbocycles. The van der Waals surface area contributed by atoms with Crippen LogP contribution in [0.4, 0.5) is 0 Å². The molecular formula is C27H30N4O2S. The lowest BCUT2D eigenvalue weighted by Gasteiger charge is -2.39. The van der Waals surface area contributed by atoms with Gasteiger partial charge in [0.1, 0.15) is 0 Å². The van der Waals surface area contributed by atoms with Crippen LogP contribution in [-0.4, -0.2) is 50.9 Å². The van der Waals surface area contributed by atoms with E-state index in [9.17, 15) is 8.42 Å². The summed E-state index contributed by atoms with van der Waals surface area (Å²) in [4.78, 5) is 5.05. The second kappa shape index (κ2) is 10.9. The predicted molar refractivity (Wildman–Crippen MR) is 134 cm³/mol. The summed E-state index contributed by atoms with van der Waals surface area (Å²) in [5.74, 6) is 0. The smallest absolute Gasteiger partial charge is 0.240 e. The van der Waals surface area contributed by atoms with Crippen LogP contribution in [0.5, 0.6) is 0 Å². The van der Waals surface area contributed by atoms with E-state index in [0.29, 0.717) is 12.1 Å². The van der Waals surface area contributed by atoms with E-state index >= 15 is 0 Å². The first-order valence-corrected chi connectivity index (χ1v) is 13.0. The summed E-state index contributed by atoms with van der Waals surface area (Å²) in [6.45, 7) is 6.59. The maximum atomic E-state index is 12.9. The molecule has 0 radical (unpaired) electrons. The van der Waals surface area contributed by atoms with E-state index in [2.05, 4.69) is 32.7 Å². The Balaban J connectivity index is 1.41. The lowest BCUT2D eigenvalue weighted by Crippen LogP contribution is -2.49. The van der Waals surface area contributed by atoms with Gasteiger partial charge in [-0.15, -0.1) is 0 Å². The summed E-state index contributed by atoms with van der Waals surface area (Å²) < 4.78 is 28.7. The first-order chi connectivity index (χ1) is 16.4. The molecule has 1 aliphatic rings. The molecule has 1 unspecified atom stereocenters. The molecule has 1 fully saturated rings. The fraction of sp³-hybridized carbons (Fsp3) is 0.296. The number of sulfonamides is 1. The van der Waals surface area contributed by atoms with E-state index in [1.165, 1.54) is 5.56 Å². The quantitative estimate of drug-likeness (QED) is 0.539. The molecule has 176 valence electrons. The predicted octanol–water partition coefficient (Wildman–Crippen LogP) is 3.70. The summed E-state index contributed by atoms with van der Waals surface area (Å²) in [6, 6.07) is 26.9. The number of benzene rings is 3. The van der Waals surface area contributed by atoms with Crippen LogP contribution in [0.1, 0.15) is 28.3 Å². The molecule has 0 amide bonds. The van der Waals surface area contributed by atoms with E-state index in [-0.39, 0.29) is 10.9 Å². The number of aryl methyl sites for hydroxylation is 1. The molecule has 0 spiro atoms. The summed E-state index contributed by atoms with van der Waals surface area (Å²) in [5, 5.41) is 8.99. The van der Waals surface area contributed by atoms with Gasteiger partial charge in [-0.25, -0.2) is 13.1 Å². The number of rotatable bonds is 8. The summed E-state index contributed by atoms with van der Waals surface area (Å²) in [6.07, 6.45) is 0. The van der Waals surface area contributed by atoms with Gasteiger partial charge in [0, 0.05) is 45.3 Å². The largest absolute Gasteiger partial charge is 0.297 e. The summed E-state index contributed by atoms with van der Waals surface area (Å²) >= 11 is 0. The molecule has 0 aromatic heterocycles. The van der Waals surface area contributed by atoms with Crippen LogP contribution in [0.2, 0.25) is 0 Å². The Bertz CT molecular complexity index is 1210. The monoisotopic (exact) mass is 474 g/mol. The number of nitriles is 1. The Labute approximate surface area is 202 Å². The van der Waals surface area contributed by atoms with Gasteiger partial charge in [-0.1, -0.05) is 60.2 Å². The zero-order valence-corrected chi connectivity index (χ0v) is 20.2. The Morgan fingerprint density at radius 1 is 0.912 bits per heavy atom. The average molecular weight is 475 g/mol. The fourth-order valence-corrected chi connectivity index (χ4v) is 5.34. The van der Waals surface area contributed by atoms with Gasteiger partial charge in [0.05, 0.1) is 16.5 Å². The first-order valence-electron chi connectivity index (χ1n) is 11.5. The first kappa shape index (κ1) is 24.1. The molecule has 4 rings (SSSR count). The van der Waals surface area contributed by atoms with E-state index in [0.717, 1.165) is 43.9 Å². The van der Waals surface area contributed by atoms with Crippen LogP contribution in [0.15, 0.2) is 83.8 Å². The van der Waals surface area contributed by atoms with Crippen molar-refractivity contribution in [3.05, 3.63) is 101 Å². The normalized spacial score (nSPS) is 16.1. The van der Waals surface area contributed by atoms with Crippen LogP contribution in [0.3, 0.4) is 0 Å². The van der Waals surface area contributed by atoms with Gasteiger partial charge in [0.2, 0.25) is 10.0 Å². The van der Waals surface area contributed by atoms with Crippen molar-refractivity contribution in [1.29, 1.82) is 5.26 Å². The zero-order chi connectivity index (χ0) is 24.0. The molecule has 1 N–H and O–H groups in total. The SMILES string of the molecule is Cc1ccc(S(=O)(=O)NCC(c2ccccc2)N2CCN(Cc3ccc(C#N)cc3)CC2)cc1. The highest BCUT2D eigenvalue weighted by Gasteiger charge is 2.27. The fourth-order valence-electron chi connectivity index (χ4n) is 4.30. The van der Waals surface area contributed by atoms with Crippen molar-refractivity contribution in [2.24, 2.45) is 0 Å². The molecule has 1 heterocycles. The lowest BCUT2D eigenvalue weighted by molar-refractivity contribution is 0.0928. The summed E-state index contributed by atoms with van der Waals surface area (Å²) in [7, 11) is -3.59. The van der Waals surface area contributed by atoms with E-state index in [4.69, 9.17) is 5.26 Å². The van der Waals surface area contributed by atoms with Crippen LogP contribution in [0, 0.1) is 18.3 Å². The Hall–Kier alpha value is -3.02. The van der Waals surface area contributed by atoms with E-state index < -0.39 is 10.0 Å². The topological polar surface area (TPSA) is 76.4 Å². The molecule has 3 aromatic rings. The lowest BCUT2D eigenvalue weighted by atomic mass is 10.0. The second-order valence-corrected chi connectivity index (χ2v) is 10.5.